The van der Waals surface area contributed by atoms with Gasteiger partial charge in [-0.1, -0.05) is 15.9 Å². The molecule has 0 aliphatic carbocycles. The van der Waals surface area contributed by atoms with Gasteiger partial charge in [-0.2, -0.15) is 11.3 Å². The Kier molecular flexibility index (Phi) is 4.48. The van der Waals surface area contributed by atoms with E-state index in [1.54, 1.807) is 11.3 Å². The summed E-state index contributed by atoms with van der Waals surface area (Å²) in [5, 5.41) is 4.28. The topological polar surface area (TPSA) is 3.24 Å². The minimum atomic E-state index is 0.531. The van der Waals surface area contributed by atoms with E-state index in [2.05, 4.69) is 62.9 Å². The summed E-state index contributed by atoms with van der Waals surface area (Å²) >= 11 is 11.2. The maximum absolute atomic E-state index is 5.98. The summed E-state index contributed by atoms with van der Waals surface area (Å²) in [4.78, 5) is 2.23. The van der Waals surface area contributed by atoms with Crippen LogP contribution in [0, 0.1) is 0 Å². The van der Waals surface area contributed by atoms with E-state index in [9.17, 15) is 0 Å². The average molecular weight is 331 g/mol. The number of benzene rings is 1. The molecule has 0 N–H and O–H groups in total. The van der Waals surface area contributed by atoms with E-state index in [-0.39, 0.29) is 0 Å². The molecule has 0 bridgehead atoms. The molecule has 2 rings (SSSR count). The molecule has 0 aliphatic rings. The Hall–Kier alpha value is -0.510. The standard InChI is InChI=1S/C13H13BrClNS/c1-16(8-10-4-5-17-9-10)13-3-2-12(14)6-11(13)7-15/h2-6,9H,7-8H2,1H3. The molecular formula is C13H13BrClNS. The van der Waals surface area contributed by atoms with Crippen LogP contribution in [0.1, 0.15) is 11.1 Å². The fraction of sp³-hybridized carbons (Fsp3) is 0.231. The van der Waals surface area contributed by atoms with Crippen LogP contribution < -0.4 is 4.90 Å². The first kappa shape index (κ1) is 12.9. The fourth-order valence-corrected chi connectivity index (χ4v) is 3.06. The van der Waals surface area contributed by atoms with Crippen LogP contribution in [0.2, 0.25) is 0 Å². The van der Waals surface area contributed by atoms with Gasteiger partial charge in [-0.15, -0.1) is 11.6 Å². The zero-order valence-electron chi connectivity index (χ0n) is 9.49. The van der Waals surface area contributed by atoms with Gasteiger partial charge in [-0.05, 0) is 46.2 Å². The molecule has 0 spiro atoms. The van der Waals surface area contributed by atoms with Crippen LogP contribution in [-0.4, -0.2) is 7.05 Å². The van der Waals surface area contributed by atoms with Crippen molar-refractivity contribution in [2.24, 2.45) is 0 Å². The Bertz CT molecular complexity index is 484. The smallest absolute Gasteiger partial charge is 0.0494 e. The molecule has 0 amide bonds. The molecule has 90 valence electrons. The molecule has 0 aliphatic heterocycles. The van der Waals surface area contributed by atoms with E-state index < -0.39 is 0 Å². The second-order valence-electron chi connectivity index (χ2n) is 3.89. The third-order valence-corrected chi connectivity index (χ3v) is 4.11. The second kappa shape index (κ2) is 5.89. The highest BCUT2D eigenvalue weighted by molar-refractivity contribution is 9.10. The lowest BCUT2D eigenvalue weighted by atomic mass is 10.1. The molecule has 0 saturated carbocycles. The van der Waals surface area contributed by atoms with E-state index in [0.29, 0.717) is 5.88 Å². The Morgan fingerprint density at radius 1 is 1.35 bits per heavy atom. The van der Waals surface area contributed by atoms with Gasteiger partial charge in [0.25, 0.3) is 0 Å². The van der Waals surface area contributed by atoms with Crippen LogP contribution >= 0.6 is 38.9 Å². The van der Waals surface area contributed by atoms with Crippen LogP contribution in [0.3, 0.4) is 0 Å². The molecule has 1 aromatic heterocycles. The van der Waals surface area contributed by atoms with E-state index in [4.69, 9.17) is 11.6 Å². The number of hydrogen-bond donors (Lipinski definition) is 0. The first-order valence-corrected chi connectivity index (χ1v) is 7.54. The Labute approximate surface area is 119 Å². The van der Waals surface area contributed by atoms with Gasteiger partial charge in [0.15, 0.2) is 0 Å². The minimum Gasteiger partial charge on any atom is -0.370 e. The predicted octanol–water partition coefficient (Wildman–Crippen LogP) is 4.89. The number of nitrogens with zero attached hydrogens (tertiary/aromatic N) is 1. The summed E-state index contributed by atoms with van der Waals surface area (Å²) in [6.45, 7) is 0.912. The van der Waals surface area contributed by atoms with Crippen molar-refractivity contribution in [2.45, 2.75) is 12.4 Å². The molecule has 1 nitrogen and oxygen atoms in total. The van der Waals surface area contributed by atoms with Crippen molar-refractivity contribution in [1.82, 2.24) is 0 Å². The fourth-order valence-electron chi connectivity index (χ4n) is 1.78. The summed E-state index contributed by atoms with van der Waals surface area (Å²) in [5.74, 6) is 0.531. The molecule has 0 fully saturated rings. The van der Waals surface area contributed by atoms with Gasteiger partial charge in [-0.3, -0.25) is 0 Å². The number of anilines is 1. The summed E-state index contributed by atoms with van der Waals surface area (Å²) in [6, 6.07) is 8.39. The van der Waals surface area contributed by atoms with Gasteiger partial charge in [0.1, 0.15) is 0 Å². The summed E-state index contributed by atoms with van der Waals surface area (Å²) in [7, 11) is 2.09. The predicted molar refractivity (Wildman–Crippen MR) is 80.1 cm³/mol. The molecule has 0 unspecified atom stereocenters. The lowest BCUT2D eigenvalue weighted by molar-refractivity contribution is 0.920. The molecule has 4 heteroatoms. The van der Waals surface area contributed by atoms with Crippen molar-refractivity contribution in [2.75, 3.05) is 11.9 Å². The van der Waals surface area contributed by atoms with Crippen LogP contribution in [0.25, 0.3) is 0 Å². The third-order valence-electron chi connectivity index (χ3n) is 2.60. The van der Waals surface area contributed by atoms with E-state index in [1.165, 1.54) is 11.3 Å². The number of halogens is 2. The van der Waals surface area contributed by atoms with Gasteiger partial charge in [0.05, 0.1) is 0 Å². The second-order valence-corrected chi connectivity index (χ2v) is 5.86. The SMILES string of the molecule is CN(Cc1ccsc1)c1ccc(Br)cc1CCl. The number of rotatable bonds is 4. The average Bonchev–Trinajstić information content (AvgIpc) is 2.81. The highest BCUT2D eigenvalue weighted by atomic mass is 79.9. The number of thiophene rings is 1. The van der Waals surface area contributed by atoms with Crippen molar-refractivity contribution < 1.29 is 0 Å². The van der Waals surface area contributed by atoms with Crippen molar-refractivity contribution in [3.8, 4) is 0 Å². The van der Waals surface area contributed by atoms with Crippen LogP contribution in [-0.2, 0) is 12.4 Å². The van der Waals surface area contributed by atoms with E-state index in [0.717, 1.165) is 16.6 Å². The van der Waals surface area contributed by atoms with Crippen molar-refractivity contribution in [3.05, 3.63) is 50.6 Å². The maximum Gasteiger partial charge on any atom is 0.0494 e. The first-order valence-electron chi connectivity index (χ1n) is 5.27. The zero-order chi connectivity index (χ0) is 12.3. The quantitative estimate of drug-likeness (QED) is 0.722. The van der Waals surface area contributed by atoms with Crippen LogP contribution in [0.5, 0.6) is 0 Å². The Morgan fingerprint density at radius 2 is 2.18 bits per heavy atom. The normalized spacial score (nSPS) is 10.5. The molecule has 1 aromatic carbocycles. The van der Waals surface area contributed by atoms with E-state index >= 15 is 0 Å². The third kappa shape index (κ3) is 3.24. The summed E-state index contributed by atoms with van der Waals surface area (Å²) in [6.07, 6.45) is 0. The van der Waals surface area contributed by atoms with Crippen molar-refractivity contribution in [3.63, 3.8) is 0 Å². The summed E-state index contributed by atoms with van der Waals surface area (Å²) < 4.78 is 1.07. The Balaban J connectivity index is 2.21. The molecule has 0 saturated heterocycles. The van der Waals surface area contributed by atoms with Crippen molar-refractivity contribution >= 4 is 44.6 Å². The van der Waals surface area contributed by atoms with Crippen LogP contribution in [0.15, 0.2) is 39.5 Å². The molecule has 2 aromatic rings. The van der Waals surface area contributed by atoms with Crippen LogP contribution in [0.4, 0.5) is 5.69 Å². The molecule has 0 radical (unpaired) electrons. The van der Waals surface area contributed by atoms with Gasteiger partial charge in [0.2, 0.25) is 0 Å². The van der Waals surface area contributed by atoms with E-state index in [1.807, 2.05) is 0 Å². The zero-order valence-corrected chi connectivity index (χ0v) is 12.6. The molecule has 0 atom stereocenters. The highest BCUT2D eigenvalue weighted by Gasteiger charge is 2.08. The summed E-state index contributed by atoms with van der Waals surface area (Å²) in [5.41, 5.74) is 3.68. The largest absolute Gasteiger partial charge is 0.370 e. The minimum absolute atomic E-state index is 0.531. The first-order chi connectivity index (χ1) is 8.20. The van der Waals surface area contributed by atoms with Gasteiger partial charge >= 0.3 is 0 Å². The lowest BCUT2D eigenvalue weighted by Gasteiger charge is -2.21. The molecule has 17 heavy (non-hydrogen) atoms. The lowest BCUT2D eigenvalue weighted by Crippen LogP contribution is -2.17. The monoisotopic (exact) mass is 329 g/mol. The number of hydrogen-bond acceptors (Lipinski definition) is 2. The highest BCUT2D eigenvalue weighted by Crippen LogP contribution is 2.26. The van der Waals surface area contributed by atoms with Gasteiger partial charge in [-0.25, -0.2) is 0 Å². The van der Waals surface area contributed by atoms with Crippen molar-refractivity contribution in [1.29, 1.82) is 0 Å². The van der Waals surface area contributed by atoms with Gasteiger partial charge < -0.3 is 4.90 Å². The molecule has 1 heterocycles. The maximum atomic E-state index is 5.98. The molecular weight excluding hydrogens is 318 g/mol. The van der Waals surface area contributed by atoms with Gasteiger partial charge in [0, 0.05) is 29.6 Å². The number of alkyl halides is 1. The Morgan fingerprint density at radius 3 is 2.82 bits per heavy atom.